The average molecular weight is 292 g/mol. The monoisotopic (exact) mass is 292 g/mol. The summed E-state index contributed by atoms with van der Waals surface area (Å²) in [6.45, 7) is 4.96. The van der Waals surface area contributed by atoms with Crippen molar-refractivity contribution in [1.82, 2.24) is 0 Å². The minimum atomic E-state index is -0.433. The van der Waals surface area contributed by atoms with Gasteiger partial charge in [0.1, 0.15) is 0 Å². The van der Waals surface area contributed by atoms with Gasteiger partial charge in [-0.05, 0) is 32.0 Å². The maximum atomic E-state index is 10.9. The molecule has 1 aromatic heterocycles. The smallest absolute Gasteiger partial charge is 0.311 e. The molecule has 1 heterocycles. The van der Waals surface area contributed by atoms with Gasteiger partial charge in [0.15, 0.2) is 5.75 Å². The predicted molar refractivity (Wildman–Crippen MR) is 80.6 cm³/mol. The molecule has 0 amide bonds. The Balaban J connectivity index is 2.12. The first kappa shape index (κ1) is 14.3. The first-order valence-electron chi connectivity index (χ1n) is 6.30. The van der Waals surface area contributed by atoms with Gasteiger partial charge in [-0.2, -0.15) is 0 Å². The fourth-order valence-electron chi connectivity index (χ4n) is 1.82. The number of thiophene rings is 1. The van der Waals surface area contributed by atoms with Crippen LogP contribution < -0.4 is 10.1 Å². The minimum absolute atomic E-state index is 0.00984. The SMILES string of the molecule is CCOc1cc(NCc2ccc(C)s2)ccc1[N+](=O)[O-]. The molecule has 2 rings (SSSR count). The number of rotatable bonds is 6. The van der Waals surface area contributed by atoms with Crippen molar-refractivity contribution in [3.63, 3.8) is 0 Å². The maximum absolute atomic E-state index is 10.9. The largest absolute Gasteiger partial charge is 0.487 e. The zero-order valence-electron chi connectivity index (χ0n) is 11.4. The summed E-state index contributed by atoms with van der Waals surface area (Å²) < 4.78 is 5.32. The van der Waals surface area contributed by atoms with Crippen LogP contribution in [0, 0.1) is 17.0 Å². The molecule has 0 saturated heterocycles. The van der Waals surface area contributed by atoms with E-state index in [-0.39, 0.29) is 5.69 Å². The summed E-state index contributed by atoms with van der Waals surface area (Å²) in [7, 11) is 0. The molecule has 1 aromatic carbocycles. The standard InChI is InChI=1S/C14H16N2O3S/c1-3-19-14-8-11(5-7-13(14)16(17)18)15-9-12-6-4-10(2)20-12/h4-8,15H,3,9H2,1-2H3. The second-order valence-corrected chi connectivity index (χ2v) is 5.61. The Hall–Kier alpha value is -2.08. The normalized spacial score (nSPS) is 10.3. The Kier molecular flexibility index (Phi) is 4.57. The van der Waals surface area contributed by atoms with E-state index in [9.17, 15) is 10.1 Å². The predicted octanol–water partition coefficient (Wildman–Crippen LogP) is 3.98. The van der Waals surface area contributed by atoms with Crippen molar-refractivity contribution < 1.29 is 9.66 Å². The fourth-order valence-corrected chi connectivity index (χ4v) is 2.65. The Morgan fingerprint density at radius 1 is 1.35 bits per heavy atom. The highest BCUT2D eigenvalue weighted by atomic mass is 32.1. The number of nitrogens with one attached hydrogen (secondary N) is 1. The first-order chi connectivity index (χ1) is 9.60. The van der Waals surface area contributed by atoms with E-state index in [0.717, 1.165) is 5.69 Å². The first-order valence-corrected chi connectivity index (χ1v) is 7.12. The topological polar surface area (TPSA) is 64.4 Å². The summed E-state index contributed by atoms with van der Waals surface area (Å²) in [4.78, 5) is 12.9. The fraction of sp³-hybridized carbons (Fsp3) is 0.286. The highest BCUT2D eigenvalue weighted by Gasteiger charge is 2.15. The number of nitro benzene ring substituents is 1. The molecule has 0 saturated carbocycles. The zero-order valence-corrected chi connectivity index (χ0v) is 12.2. The molecule has 0 spiro atoms. The van der Waals surface area contributed by atoms with Gasteiger partial charge in [0, 0.05) is 34.1 Å². The number of anilines is 1. The second-order valence-electron chi connectivity index (χ2n) is 4.24. The number of nitro groups is 1. The van der Waals surface area contributed by atoms with Crippen LogP contribution >= 0.6 is 11.3 Å². The van der Waals surface area contributed by atoms with Crippen molar-refractivity contribution in [1.29, 1.82) is 0 Å². The van der Waals surface area contributed by atoms with Crippen LogP contribution in [0.2, 0.25) is 0 Å². The summed E-state index contributed by atoms with van der Waals surface area (Å²) in [5.41, 5.74) is 0.800. The van der Waals surface area contributed by atoms with E-state index < -0.39 is 4.92 Å². The summed E-state index contributed by atoms with van der Waals surface area (Å²) in [6, 6.07) is 8.97. The van der Waals surface area contributed by atoms with Gasteiger partial charge in [0.2, 0.25) is 0 Å². The van der Waals surface area contributed by atoms with Crippen LogP contribution in [0.3, 0.4) is 0 Å². The van der Waals surface area contributed by atoms with Gasteiger partial charge in [0.25, 0.3) is 0 Å². The molecule has 0 radical (unpaired) electrons. The Labute approximate surface area is 121 Å². The number of hydrogen-bond acceptors (Lipinski definition) is 5. The van der Waals surface area contributed by atoms with Gasteiger partial charge in [-0.25, -0.2) is 0 Å². The highest BCUT2D eigenvalue weighted by Crippen LogP contribution is 2.30. The highest BCUT2D eigenvalue weighted by molar-refractivity contribution is 7.11. The maximum Gasteiger partial charge on any atom is 0.311 e. The van der Waals surface area contributed by atoms with Crippen LogP contribution in [0.15, 0.2) is 30.3 Å². The van der Waals surface area contributed by atoms with Gasteiger partial charge >= 0.3 is 5.69 Å². The number of ether oxygens (including phenoxy) is 1. The Bertz CT molecular complexity index is 610. The number of benzene rings is 1. The molecule has 20 heavy (non-hydrogen) atoms. The lowest BCUT2D eigenvalue weighted by Gasteiger charge is -2.08. The molecular formula is C14H16N2O3S. The lowest BCUT2D eigenvalue weighted by atomic mass is 10.2. The number of aryl methyl sites for hydroxylation is 1. The van der Waals surface area contributed by atoms with E-state index in [1.165, 1.54) is 15.8 Å². The quantitative estimate of drug-likeness (QED) is 0.646. The zero-order chi connectivity index (χ0) is 14.5. The van der Waals surface area contributed by atoms with E-state index in [4.69, 9.17) is 4.74 Å². The van der Waals surface area contributed by atoms with Crippen molar-refractivity contribution in [2.24, 2.45) is 0 Å². The second kappa shape index (κ2) is 6.38. The summed E-state index contributed by atoms with van der Waals surface area (Å²) in [5, 5.41) is 14.1. The van der Waals surface area contributed by atoms with Gasteiger partial charge < -0.3 is 10.1 Å². The van der Waals surface area contributed by atoms with Crippen LogP contribution in [-0.4, -0.2) is 11.5 Å². The molecule has 2 aromatic rings. The van der Waals surface area contributed by atoms with E-state index in [2.05, 4.69) is 24.4 Å². The molecule has 106 valence electrons. The van der Waals surface area contributed by atoms with Gasteiger partial charge in [-0.3, -0.25) is 10.1 Å². The summed E-state index contributed by atoms with van der Waals surface area (Å²) >= 11 is 1.73. The molecular weight excluding hydrogens is 276 g/mol. The molecule has 5 nitrogen and oxygen atoms in total. The molecule has 0 aliphatic carbocycles. The lowest BCUT2D eigenvalue weighted by Crippen LogP contribution is -2.01. The molecule has 1 N–H and O–H groups in total. The van der Waals surface area contributed by atoms with Gasteiger partial charge in [0.05, 0.1) is 11.5 Å². The number of nitrogens with zero attached hydrogens (tertiary/aromatic N) is 1. The van der Waals surface area contributed by atoms with Crippen molar-refractivity contribution in [3.8, 4) is 5.75 Å². The summed E-state index contributed by atoms with van der Waals surface area (Å²) in [6.07, 6.45) is 0. The summed E-state index contributed by atoms with van der Waals surface area (Å²) in [5.74, 6) is 0.296. The molecule has 0 fully saturated rings. The van der Waals surface area contributed by atoms with Crippen molar-refractivity contribution >= 4 is 22.7 Å². The van der Waals surface area contributed by atoms with E-state index in [1.807, 2.05) is 0 Å². The van der Waals surface area contributed by atoms with Crippen molar-refractivity contribution in [3.05, 3.63) is 50.2 Å². The van der Waals surface area contributed by atoms with Crippen LogP contribution in [0.4, 0.5) is 11.4 Å². The average Bonchev–Trinajstić information content (AvgIpc) is 2.82. The minimum Gasteiger partial charge on any atom is -0.487 e. The van der Waals surface area contributed by atoms with Gasteiger partial charge in [-0.15, -0.1) is 11.3 Å². The van der Waals surface area contributed by atoms with E-state index in [0.29, 0.717) is 18.9 Å². The third-order valence-corrected chi connectivity index (χ3v) is 3.72. The lowest BCUT2D eigenvalue weighted by molar-refractivity contribution is -0.385. The van der Waals surface area contributed by atoms with Crippen molar-refractivity contribution in [2.75, 3.05) is 11.9 Å². The third kappa shape index (κ3) is 3.48. The number of hydrogen-bond donors (Lipinski definition) is 1. The molecule has 0 aliphatic rings. The van der Waals surface area contributed by atoms with E-state index in [1.54, 1.807) is 30.4 Å². The molecule has 0 unspecified atom stereocenters. The third-order valence-electron chi connectivity index (χ3n) is 2.72. The molecule has 0 atom stereocenters. The molecule has 0 bridgehead atoms. The Morgan fingerprint density at radius 2 is 2.15 bits per heavy atom. The van der Waals surface area contributed by atoms with Crippen molar-refractivity contribution in [2.45, 2.75) is 20.4 Å². The van der Waals surface area contributed by atoms with Gasteiger partial charge in [-0.1, -0.05) is 0 Å². The van der Waals surface area contributed by atoms with Crippen LogP contribution in [-0.2, 0) is 6.54 Å². The van der Waals surface area contributed by atoms with E-state index >= 15 is 0 Å². The Morgan fingerprint density at radius 3 is 2.75 bits per heavy atom. The molecule has 0 aliphatic heterocycles. The van der Waals surface area contributed by atoms with Crippen LogP contribution in [0.5, 0.6) is 5.75 Å². The van der Waals surface area contributed by atoms with Crippen LogP contribution in [0.1, 0.15) is 16.7 Å². The van der Waals surface area contributed by atoms with Crippen LogP contribution in [0.25, 0.3) is 0 Å². The molecule has 6 heteroatoms.